The lowest BCUT2D eigenvalue weighted by molar-refractivity contribution is -0.0222. The van der Waals surface area contributed by atoms with E-state index in [-0.39, 0.29) is 37.7 Å². The lowest BCUT2D eigenvalue weighted by Gasteiger charge is -2.31. The van der Waals surface area contributed by atoms with Gasteiger partial charge in [-0.05, 0) is 31.2 Å². The molecular weight excluding hydrogens is 496 g/mol. The number of halogens is 2. The molecule has 11 nitrogen and oxygen atoms in total. The zero-order valence-corrected chi connectivity index (χ0v) is 20.9. The van der Waals surface area contributed by atoms with E-state index in [1.165, 1.54) is 0 Å². The fourth-order valence-electron chi connectivity index (χ4n) is 3.77. The van der Waals surface area contributed by atoms with Crippen molar-refractivity contribution in [3.8, 4) is 23.0 Å². The number of aromatic nitrogens is 4. The highest BCUT2D eigenvalue weighted by Crippen LogP contribution is 2.34. The van der Waals surface area contributed by atoms with Crippen LogP contribution in [-0.4, -0.2) is 79.2 Å². The molecule has 0 unspecified atom stereocenters. The Labute approximate surface area is 207 Å². The fraction of sp³-hybridized carbons (Fsp3) is 0.455. The van der Waals surface area contributed by atoms with E-state index < -0.39 is 28.3 Å². The van der Waals surface area contributed by atoms with Crippen LogP contribution >= 0.6 is 0 Å². The third-order valence-electron chi connectivity index (χ3n) is 5.61. The number of aliphatic hydroxyl groups is 1. The molecule has 0 atom stereocenters. The average Bonchev–Trinajstić information content (AvgIpc) is 3.28. The maximum Gasteiger partial charge on any atom is 0.266 e. The molecule has 2 N–H and O–H groups in total. The van der Waals surface area contributed by atoms with Gasteiger partial charge in [-0.3, -0.25) is 4.72 Å². The van der Waals surface area contributed by atoms with Gasteiger partial charge < -0.3 is 19.3 Å². The highest BCUT2D eigenvalue weighted by Gasteiger charge is 2.35. The largest absolute Gasteiger partial charge is 0.415 e. The number of hydrogen-bond donors (Lipinski definition) is 2. The van der Waals surface area contributed by atoms with Crippen LogP contribution in [0.4, 0.5) is 26.1 Å². The first-order valence-electron chi connectivity index (χ1n) is 11.2. The molecule has 0 spiro atoms. The van der Waals surface area contributed by atoms with Gasteiger partial charge in [0.05, 0.1) is 29.3 Å². The number of nitrogens with one attached hydrogen (secondary N) is 1. The molecule has 36 heavy (non-hydrogen) atoms. The van der Waals surface area contributed by atoms with E-state index in [0.717, 1.165) is 0 Å². The first-order chi connectivity index (χ1) is 17.0. The molecule has 194 valence electrons. The van der Waals surface area contributed by atoms with E-state index in [1.807, 2.05) is 0 Å². The van der Waals surface area contributed by atoms with Crippen LogP contribution in [0.15, 0.2) is 28.7 Å². The lowest BCUT2D eigenvalue weighted by Crippen LogP contribution is -2.40. The van der Waals surface area contributed by atoms with Gasteiger partial charge in [0.15, 0.2) is 0 Å². The number of anilines is 3. The second-order valence-corrected chi connectivity index (χ2v) is 10.6. The summed E-state index contributed by atoms with van der Waals surface area (Å²) in [6.07, 6.45) is -0.520. The maximum absolute atomic E-state index is 13.6. The minimum atomic E-state index is -3.69. The van der Waals surface area contributed by atoms with Gasteiger partial charge in [-0.15, -0.1) is 10.2 Å². The molecular formula is C22H27F2N7O4S. The van der Waals surface area contributed by atoms with Crippen molar-refractivity contribution in [1.82, 2.24) is 20.2 Å². The van der Waals surface area contributed by atoms with Gasteiger partial charge in [-0.25, -0.2) is 27.2 Å². The van der Waals surface area contributed by atoms with Crippen LogP contribution in [0.2, 0.25) is 0 Å². The third kappa shape index (κ3) is 5.87. The molecule has 0 amide bonds. The van der Waals surface area contributed by atoms with Gasteiger partial charge in [0.1, 0.15) is 5.69 Å². The minimum Gasteiger partial charge on any atom is -0.415 e. The standard InChI is InChI=1S/C22H27F2N7O4S/c1-14-12-17(26-21(25-14)31-8-6-22(23,24)7-9-31)20-28-27-19(35-20)16-5-4-15(13-18(16)30(2)3)29-36(33,34)11-10-32/h4-5,12-13,29,32H,6-11H2,1-3H3. The minimum absolute atomic E-state index is 0.136. The Morgan fingerprint density at radius 1 is 1.14 bits per heavy atom. The molecule has 0 bridgehead atoms. The molecule has 1 fully saturated rings. The summed E-state index contributed by atoms with van der Waals surface area (Å²) < 4.78 is 59.5. The number of hydrogen-bond acceptors (Lipinski definition) is 10. The maximum atomic E-state index is 13.6. The zero-order valence-electron chi connectivity index (χ0n) is 20.1. The van der Waals surface area contributed by atoms with Crippen molar-refractivity contribution in [2.45, 2.75) is 25.7 Å². The van der Waals surface area contributed by atoms with Crippen LogP contribution in [0.3, 0.4) is 0 Å². The number of nitrogens with zero attached hydrogens (tertiary/aromatic N) is 6. The molecule has 4 rings (SSSR count). The molecule has 14 heteroatoms. The second-order valence-electron chi connectivity index (χ2n) is 8.72. The van der Waals surface area contributed by atoms with Gasteiger partial charge in [0.2, 0.25) is 21.9 Å². The smallest absolute Gasteiger partial charge is 0.266 e. The molecule has 3 heterocycles. The van der Waals surface area contributed by atoms with Crippen LogP contribution in [0.25, 0.3) is 23.0 Å². The van der Waals surface area contributed by atoms with Gasteiger partial charge in [-0.2, -0.15) is 0 Å². The molecule has 0 aliphatic carbocycles. The van der Waals surface area contributed by atoms with Crippen molar-refractivity contribution in [2.24, 2.45) is 0 Å². The number of benzene rings is 1. The number of rotatable bonds is 8. The highest BCUT2D eigenvalue weighted by atomic mass is 32.2. The van der Waals surface area contributed by atoms with Gasteiger partial charge >= 0.3 is 0 Å². The van der Waals surface area contributed by atoms with Crippen LogP contribution in [0, 0.1) is 6.92 Å². The predicted octanol–water partition coefficient (Wildman–Crippen LogP) is 2.54. The summed E-state index contributed by atoms with van der Waals surface area (Å²) in [5.41, 5.74) is 2.49. The van der Waals surface area contributed by atoms with E-state index in [9.17, 15) is 17.2 Å². The Morgan fingerprint density at radius 3 is 2.50 bits per heavy atom. The quantitative estimate of drug-likeness (QED) is 0.453. The molecule has 1 saturated heterocycles. The second kappa shape index (κ2) is 9.93. The molecule has 1 aliphatic heterocycles. The van der Waals surface area contributed by atoms with Crippen molar-refractivity contribution >= 4 is 27.3 Å². The lowest BCUT2D eigenvalue weighted by atomic mass is 10.1. The predicted molar refractivity (Wildman–Crippen MR) is 131 cm³/mol. The fourth-order valence-corrected chi connectivity index (χ4v) is 4.60. The summed E-state index contributed by atoms with van der Waals surface area (Å²) in [4.78, 5) is 12.3. The van der Waals surface area contributed by atoms with Crippen LogP contribution in [-0.2, 0) is 10.0 Å². The van der Waals surface area contributed by atoms with Crippen LogP contribution < -0.4 is 14.5 Å². The van der Waals surface area contributed by atoms with Crippen molar-refractivity contribution in [2.75, 3.05) is 54.1 Å². The van der Waals surface area contributed by atoms with Crippen molar-refractivity contribution in [1.29, 1.82) is 0 Å². The number of alkyl halides is 2. The first kappa shape index (κ1) is 25.7. The Hall–Kier alpha value is -3.39. The van der Waals surface area contributed by atoms with Crippen molar-refractivity contribution < 1.29 is 26.7 Å². The zero-order chi connectivity index (χ0) is 26.1. The summed E-state index contributed by atoms with van der Waals surface area (Å²) >= 11 is 0. The Kier molecular flexibility index (Phi) is 7.09. The third-order valence-corrected chi connectivity index (χ3v) is 6.87. The average molecular weight is 524 g/mol. The Bertz CT molecular complexity index is 1340. The van der Waals surface area contributed by atoms with Gasteiger partial charge in [0, 0.05) is 45.7 Å². The van der Waals surface area contributed by atoms with Crippen molar-refractivity contribution in [3.05, 3.63) is 30.0 Å². The number of aliphatic hydroxyl groups excluding tert-OH is 1. The Morgan fingerprint density at radius 2 is 1.83 bits per heavy atom. The molecule has 1 aromatic carbocycles. The summed E-state index contributed by atoms with van der Waals surface area (Å²) in [6, 6.07) is 6.49. The van der Waals surface area contributed by atoms with E-state index in [4.69, 9.17) is 9.52 Å². The van der Waals surface area contributed by atoms with E-state index >= 15 is 0 Å². The normalized spacial score (nSPS) is 15.7. The summed E-state index contributed by atoms with van der Waals surface area (Å²) in [5.74, 6) is -2.44. The Balaban J connectivity index is 1.62. The molecule has 2 aromatic heterocycles. The number of piperidine rings is 1. The molecule has 1 aliphatic rings. The number of sulfonamides is 1. The summed E-state index contributed by atoms with van der Waals surface area (Å²) in [7, 11) is -0.126. The van der Waals surface area contributed by atoms with E-state index in [2.05, 4.69) is 24.9 Å². The summed E-state index contributed by atoms with van der Waals surface area (Å²) in [6.45, 7) is 1.57. The van der Waals surface area contributed by atoms with E-state index in [1.54, 1.807) is 55.1 Å². The van der Waals surface area contributed by atoms with Gasteiger partial charge in [-0.1, -0.05) is 0 Å². The van der Waals surface area contributed by atoms with Crippen LogP contribution in [0.1, 0.15) is 18.5 Å². The van der Waals surface area contributed by atoms with Crippen LogP contribution in [0.5, 0.6) is 0 Å². The first-order valence-corrected chi connectivity index (χ1v) is 12.9. The SMILES string of the molecule is Cc1cc(-c2nnc(-c3ccc(NS(=O)(=O)CCO)cc3N(C)C)o2)nc(N2CCC(F)(F)CC2)n1. The van der Waals surface area contributed by atoms with E-state index in [0.29, 0.717) is 34.3 Å². The topological polar surface area (TPSA) is 138 Å². The monoisotopic (exact) mass is 523 g/mol. The molecule has 3 aromatic rings. The van der Waals surface area contributed by atoms with Crippen molar-refractivity contribution in [3.63, 3.8) is 0 Å². The summed E-state index contributed by atoms with van der Waals surface area (Å²) in [5, 5.41) is 17.2. The highest BCUT2D eigenvalue weighted by molar-refractivity contribution is 7.92. The molecule has 0 radical (unpaired) electrons. The molecule has 0 saturated carbocycles. The van der Waals surface area contributed by atoms with Gasteiger partial charge in [0.25, 0.3) is 11.8 Å². The number of aryl methyl sites for hydroxylation is 1.